The zero-order valence-corrected chi connectivity index (χ0v) is 20.9. The molecule has 0 fully saturated rings. The van der Waals surface area contributed by atoms with Gasteiger partial charge in [0.05, 0.1) is 18.4 Å². The number of anilines is 1. The van der Waals surface area contributed by atoms with Crippen molar-refractivity contribution < 1.29 is 9.53 Å². The third-order valence-corrected chi connectivity index (χ3v) is 6.32. The number of allylic oxidation sites excluding steroid dienone is 3. The Balaban J connectivity index is 1.66. The Hall–Kier alpha value is -4.31. The van der Waals surface area contributed by atoms with Crippen molar-refractivity contribution in [3.63, 3.8) is 0 Å². The lowest BCUT2D eigenvalue weighted by Crippen LogP contribution is -2.30. The molecule has 0 saturated heterocycles. The summed E-state index contributed by atoms with van der Waals surface area (Å²) in [6, 6.07) is 4.82. The number of nitrogens with zero attached hydrogens (tertiary/aromatic N) is 7. The molecule has 0 spiro atoms. The van der Waals surface area contributed by atoms with E-state index >= 15 is 0 Å². The number of carbonyl (C=O) groups is 1. The molecular weight excluding hydrogens is 480 g/mol. The van der Waals surface area contributed by atoms with E-state index in [9.17, 15) is 4.79 Å². The minimum atomic E-state index is -0.598. The number of methoxy groups -OCH3 is 1. The molecule has 1 N–H and O–H groups in total. The van der Waals surface area contributed by atoms with Crippen molar-refractivity contribution >= 4 is 34.5 Å². The summed E-state index contributed by atoms with van der Waals surface area (Å²) in [5.41, 5.74) is 4.21. The second-order valence-corrected chi connectivity index (χ2v) is 8.69. The van der Waals surface area contributed by atoms with Gasteiger partial charge in [-0.3, -0.25) is 9.69 Å². The maximum absolute atomic E-state index is 13.8. The lowest BCUT2D eigenvalue weighted by atomic mass is 10.1. The number of aromatic amines is 1. The Kier molecular flexibility index (Phi) is 5.89. The monoisotopic (exact) mass is 502 g/mol. The molecule has 0 aromatic carbocycles. The van der Waals surface area contributed by atoms with E-state index in [1.807, 2.05) is 26.0 Å². The van der Waals surface area contributed by atoms with Gasteiger partial charge in [0.1, 0.15) is 23.2 Å². The Morgan fingerprint density at radius 1 is 1.31 bits per heavy atom. The van der Waals surface area contributed by atoms with Crippen molar-refractivity contribution in [2.24, 2.45) is 7.05 Å². The van der Waals surface area contributed by atoms with Crippen LogP contribution < -0.4 is 9.64 Å². The highest BCUT2D eigenvalue weighted by atomic mass is 35.5. The van der Waals surface area contributed by atoms with Crippen LogP contribution in [-0.2, 0) is 7.05 Å². The number of hydrogen-bond acceptors (Lipinski definition) is 7. The predicted molar refractivity (Wildman–Crippen MR) is 137 cm³/mol. The van der Waals surface area contributed by atoms with Crippen LogP contribution in [0.1, 0.15) is 34.7 Å². The smallest absolute Gasteiger partial charge is 0.280 e. The average Bonchev–Trinajstić information content (AvgIpc) is 3.55. The summed E-state index contributed by atoms with van der Waals surface area (Å²) >= 11 is 6.19. The maximum atomic E-state index is 13.8. The number of pyridine rings is 2. The fourth-order valence-corrected chi connectivity index (χ4v) is 4.25. The van der Waals surface area contributed by atoms with Crippen molar-refractivity contribution in [1.82, 2.24) is 34.9 Å². The van der Waals surface area contributed by atoms with Crippen molar-refractivity contribution in [2.45, 2.75) is 19.9 Å². The average molecular weight is 503 g/mol. The number of H-pyrrole nitrogens is 1. The molecule has 0 radical (unpaired) electrons. The third kappa shape index (κ3) is 3.75. The van der Waals surface area contributed by atoms with E-state index in [0.29, 0.717) is 50.5 Å². The first-order valence-corrected chi connectivity index (χ1v) is 11.5. The molecule has 5 rings (SSSR count). The van der Waals surface area contributed by atoms with Crippen LogP contribution in [0.5, 0.6) is 5.88 Å². The van der Waals surface area contributed by atoms with Crippen molar-refractivity contribution in [3.05, 3.63) is 76.8 Å². The van der Waals surface area contributed by atoms with Gasteiger partial charge in [0.15, 0.2) is 11.3 Å². The minimum Gasteiger partial charge on any atom is -0.480 e. The van der Waals surface area contributed by atoms with E-state index < -0.39 is 6.04 Å². The van der Waals surface area contributed by atoms with E-state index in [0.717, 1.165) is 5.56 Å². The molecule has 11 heteroatoms. The SMILES string of the molecule is C=C(/C=C\C(Cl)=C/C)[C@@H]1c2[nH]c(-c3cccnc3OC)nc2C(=O)N1c1cc(C)c2nnn(C)c2n1. The summed E-state index contributed by atoms with van der Waals surface area (Å²) in [6.45, 7) is 7.99. The molecule has 1 aliphatic heterocycles. The molecule has 4 aromatic heterocycles. The lowest BCUT2D eigenvalue weighted by molar-refractivity contribution is 0.0989. The van der Waals surface area contributed by atoms with Crippen LogP contribution in [0.2, 0.25) is 0 Å². The van der Waals surface area contributed by atoms with Gasteiger partial charge in [0.25, 0.3) is 5.91 Å². The number of imidazole rings is 1. The highest BCUT2D eigenvalue weighted by Crippen LogP contribution is 2.42. The van der Waals surface area contributed by atoms with Gasteiger partial charge < -0.3 is 9.72 Å². The zero-order chi connectivity index (χ0) is 25.6. The van der Waals surface area contributed by atoms with E-state index in [2.05, 4.69) is 31.8 Å². The Morgan fingerprint density at radius 3 is 2.86 bits per heavy atom. The lowest BCUT2D eigenvalue weighted by Gasteiger charge is -2.25. The highest BCUT2D eigenvalue weighted by molar-refractivity contribution is 6.31. The summed E-state index contributed by atoms with van der Waals surface area (Å²) in [4.78, 5) is 32.3. The Labute approximate surface area is 212 Å². The Bertz CT molecular complexity index is 1580. The molecule has 0 saturated carbocycles. The number of amides is 1. The molecule has 4 aromatic rings. The van der Waals surface area contributed by atoms with Crippen molar-refractivity contribution in [3.8, 4) is 17.3 Å². The van der Waals surface area contributed by atoms with Gasteiger partial charge in [-0.15, -0.1) is 5.10 Å². The first-order valence-electron chi connectivity index (χ1n) is 11.1. The molecule has 0 unspecified atom stereocenters. The fraction of sp³-hybridized carbons (Fsp3) is 0.200. The molecule has 0 aliphatic carbocycles. The van der Waals surface area contributed by atoms with Gasteiger partial charge in [-0.2, -0.15) is 0 Å². The first-order chi connectivity index (χ1) is 17.3. The molecule has 1 atom stereocenters. The molecule has 10 nitrogen and oxygen atoms in total. The van der Waals surface area contributed by atoms with Crippen LogP contribution >= 0.6 is 11.6 Å². The van der Waals surface area contributed by atoms with E-state index in [4.69, 9.17) is 21.3 Å². The molecule has 1 amide bonds. The van der Waals surface area contributed by atoms with E-state index in [-0.39, 0.29) is 11.6 Å². The van der Waals surface area contributed by atoms with Gasteiger partial charge in [-0.25, -0.2) is 19.6 Å². The quantitative estimate of drug-likeness (QED) is 0.388. The van der Waals surface area contributed by atoms with Crippen LogP contribution in [0.15, 0.2) is 59.8 Å². The number of nitrogens with one attached hydrogen (secondary N) is 1. The van der Waals surface area contributed by atoms with Crippen LogP contribution in [0.3, 0.4) is 0 Å². The number of fused-ring (bicyclic) bond motifs is 2. The van der Waals surface area contributed by atoms with Gasteiger partial charge in [-0.05, 0) is 49.3 Å². The number of aryl methyl sites for hydroxylation is 2. The standard InChI is InChI=1S/C25H23ClN8O2/c1-6-15(26)10-9-13(2)21-19-20(30-22(29-19)16-8-7-11-27-24(16)36-5)25(35)34(21)17-12-14(3)18-23(28-17)33(4)32-31-18/h6-12,21H,2H2,1,3-5H3,(H,29,30)/b10-9-,15-6+/t21-/m1/s1. The Morgan fingerprint density at radius 2 is 2.11 bits per heavy atom. The zero-order valence-electron chi connectivity index (χ0n) is 20.2. The van der Waals surface area contributed by atoms with E-state index in [1.54, 1.807) is 47.1 Å². The van der Waals surface area contributed by atoms with Crippen LogP contribution in [-0.4, -0.2) is 47.9 Å². The first kappa shape index (κ1) is 23.4. The summed E-state index contributed by atoms with van der Waals surface area (Å²) in [7, 11) is 3.29. The summed E-state index contributed by atoms with van der Waals surface area (Å²) in [5, 5.41) is 8.78. The van der Waals surface area contributed by atoms with Gasteiger partial charge >= 0.3 is 0 Å². The second kappa shape index (κ2) is 9.04. The van der Waals surface area contributed by atoms with Crippen LogP contribution in [0, 0.1) is 6.92 Å². The summed E-state index contributed by atoms with van der Waals surface area (Å²) in [6.07, 6.45) is 6.92. The predicted octanol–water partition coefficient (Wildman–Crippen LogP) is 4.42. The van der Waals surface area contributed by atoms with Crippen LogP contribution in [0.25, 0.3) is 22.6 Å². The summed E-state index contributed by atoms with van der Waals surface area (Å²) < 4.78 is 6.96. The van der Waals surface area contributed by atoms with Gasteiger partial charge in [0, 0.05) is 18.3 Å². The molecule has 5 heterocycles. The number of halogens is 1. The molecule has 0 bridgehead atoms. The number of hydrogen-bond donors (Lipinski definition) is 1. The molecular formula is C25H23ClN8O2. The van der Waals surface area contributed by atoms with Gasteiger partial charge in [0.2, 0.25) is 5.88 Å². The maximum Gasteiger partial charge on any atom is 0.280 e. The normalized spacial score (nSPS) is 15.8. The fourth-order valence-electron chi connectivity index (χ4n) is 4.19. The number of carbonyl (C=O) groups excluding carboxylic acids is 1. The molecule has 36 heavy (non-hydrogen) atoms. The van der Waals surface area contributed by atoms with Gasteiger partial charge in [-0.1, -0.05) is 35.5 Å². The third-order valence-electron chi connectivity index (χ3n) is 5.97. The van der Waals surface area contributed by atoms with Crippen molar-refractivity contribution in [1.29, 1.82) is 0 Å². The minimum absolute atomic E-state index is 0.273. The molecule has 1 aliphatic rings. The summed E-state index contributed by atoms with van der Waals surface area (Å²) in [5.74, 6) is 1.00. The second-order valence-electron chi connectivity index (χ2n) is 8.25. The number of ether oxygens (including phenoxy) is 1. The number of aromatic nitrogens is 7. The topological polar surface area (TPSA) is 115 Å². The van der Waals surface area contributed by atoms with E-state index in [1.165, 1.54) is 7.11 Å². The van der Waals surface area contributed by atoms with Crippen LogP contribution in [0.4, 0.5) is 5.82 Å². The van der Waals surface area contributed by atoms with Crippen molar-refractivity contribution in [2.75, 3.05) is 12.0 Å². The molecule has 182 valence electrons. The largest absolute Gasteiger partial charge is 0.480 e. The number of rotatable bonds is 6. The highest BCUT2D eigenvalue weighted by Gasteiger charge is 2.43.